The zero-order chi connectivity index (χ0) is 12.1. The number of nitrogens with zero attached hydrogens (tertiary/aromatic N) is 2. The Labute approximate surface area is 115 Å². The van der Waals surface area contributed by atoms with E-state index in [1.807, 2.05) is 0 Å². The van der Waals surface area contributed by atoms with Crippen LogP contribution in [0.25, 0.3) is 0 Å². The molecule has 3 nitrogen and oxygen atoms in total. The lowest BCUT2D eigenvalue weighted by atomic mass is 10.1. The van der Waals surface area contributed by atoms with E-state index in [-0.39, 0.29) is 0 Å². The van der Waals surface area contributed by atoms with Crippen molar-refractivity contribution in [3.05, 3.63) is 15.7 Å². The van der Waals surface area contributed by atoms with Crippen LogP contribution in [0, 0.1) is 3.95 Å². The van der Waals surface area contributed by atoms with Gasteiger partial charge in [0.1, 0.15) is 0 Å². The van der Waals surface area contributed by atoms with Gasteiger partial charge in [-0.15, -0.1) is 0 Å². The largest absolute Gasteiger partial charge is 0.378 e. The Kier molecular flexibility index (Phi) is 5.06. The lowest BCUT2D eigenvalue weighted by molar-refractivity contribution is 0.372. The Morgan fingerprint density at radius 2 is 2.53 bits per heavy atom. The summed E-state index contributed by atoms with van der Waals surface area (Å²) >= 11 is 8.36. The minimum atomic E-state index is 0.766. The van der Waals surface area contributed by atoms with Crippen molar-refractivity contribution in [3.63, 3.8) is 0 Å². The normalized spacial score (nSPS) is 16.1. The second kappa shape index (κ2) is 6.56. The summed E-state index contributed by atoms with van der Waals surface area (Å²) < 4.78 is 1.82. The smallest absolute Gasteiger partial charge is 0.177 e. The number of hydrogen-bond donors (Lipinski definition) is 1. The van der Waals surface area contributed by atoms with Gasteiger partial charge in [-0.3, -0.25) is 5.10 Å². The average Bonchev–Trinajstić information content (AvgIpc) is 2.73. The first kappa shape index (κ1) is 13.1. The Balaban J connectivity index is 1.69. The van der Waals surface area contributed by atoms with Gasteiger partial charge in [0.05, 0.1) is 0 Å². The average molecular weight is 287 g/mol. The third-order valence-electron chi connectivity index (χ3n) is 2.79. The molecule has 0 spiro atoms. The summed E-state index contributed by atoms with van der Waals surface area (Å²) in [5.41, 5.74) is 1.51. The number of rotatable bonds is 5. The number of aromatic amines is 1. The Morgan fingerprint density at radius 1 is 1.65 bits per heavy atom. The second-order valence-electron chi connectivity index (χ2n) is 4.09. The minimum Gasteiger partial charge on any atom is -0.378 e. The fourth-order valence-electron chi connectivity index (χ4n) is 1.88. The molecule has 0 unspecified atom stereocenters. The number of aromatic nitrogens is 2. The van der Waals surface area contributed by atoms with Gasteiger partial charge in [-0.25, -0.2) is 0 Å². The van der Waals surface area contributed by atoms with Crippen LogP contribution in [-0.2, 0) is 0 Å². The standard InChI is InChI=1S/C11H17N3S3/c1-14-7-3-2-5-9(14)6-4-8-16-11-13-12-10(15)17-11/h5H,2-4,6-8H2,1H3,(H,12,15). The summed E-state index contributed by atoms with van der Waals surface area (Å²) in [4.78, 5) is 2.38. The fraction of sp³-hybridized carbons (Fsp3) is 0.636. The lowest BCUT2D eigenvalue weighted by Gasteiger charge is -2.26. The van der Waals surface area contributed by atoms with Gasteiger partial charge in [0.2, 0.25) is 0 Å². The van der Waals surface area contributed by atoms with Gasteiger partial charge in [-0.1, -0.05) is 29.2 Å². The number of H-pyrrole nitrogens is 1. The highest BCUT2D eigenvalue weighted by atomic mass is 32.2. The summed E-state index contributed by atoms with van der Waals surface area (Å²) in [6, 6.07) is 0. The molecule has 0 bridgehead atoms. The van der Waals surface area contributed by atoms with E-state index in [1.54, 1.807) is 23.1 Å². The first-order chi connectivity index (χ1) is 8.25. The maximum Gasteiger partial charge on any atom is 0.177 e. The molecule has 6 heteroatoms. The zero-order valence-electron chi connectivity index (χ0n) is 9.94. The highest BCUT2D eigenvalue weighted by molar-refractivity contribution is 8.01. The van der Waals surface area contributed by atoms with Gasteiger partial charge in [-0.05, 0) is 37.9 Å². The third kappa shape index (κ3) is 4.12. The number of allylic oxidation sites excluding steroid dienone is 2. The summed E-state index contributed by atoms with van der Waals surface area (Å²) in [5, 5.41) is 6.95. The van der Waals surface area contributed by atoms with Crippen LogP contribution in [0.1, 0.15) is 25.7 Å². The summed E-state index contributed by atoms with van der Waals surface area (Å²) in [7, 11) is 2.19. The molecule has 2 heterocycles. The van der Waals surface area contributed by atoms with Gasteiger partial charge in [0, 0.05) is 25.0 Å². The molecule has 1 aromatic heterocycles. The van der Waals surface area contributed by atoms with E-state index < -0.39 is 0 Å². The molecule has 0 radical (unpaired) electrons. The Morgan fingerprint density at radius 3 is 3.24 bits per heavy atom. The predicted octanol–water partition coefficient (Wildman–Crippen LogP) is 3.68. The van der Waals surface area contributed by atoms with Crippen LogP contribution in [0.3, 0.4) is 0 Å². The molecule has 1 aromatic rings. The van der Waals surface area contributed by atoms with Crippen LogP contribution in [0.5, 0.6) is 0 Å². The van der Waals surface area contributed by atoms with Crippen LogP contribution in [0.15, 0.2) is 16.1 Å². The molecule has 0 amide bonds. The lowest BCUT2D eigenvalue weighted by Crippen LogP contribution is -2.22. The maximum absolute atomic E-state index is 5.00. The van der Waals surface area contributed by atoms with Gasteiger partial charge in [-0.2, -0.15) is 5.10 Å². The molecule has 0 saturated carbocycles. The van der Waals surface area contributed by atoms with Crippen molar-refractivity contribution in [1.29, 1.82) is 0 Å². The molecule has 2 rings (SSSR count). The van der Waals surface area contributed by atoms with Gasteiger partial charge >= 0.3 is 0 Å². The van der Waals surface area contributed by atoms with Crippen molar-refractivity contribution in [1.82, 2.24) is 15.1 Å². The molecule has 17 heavy (non-hydrogen) atoms. The predicted molar refractivity (Wildman–Crippen MR) is 77.2 cm³/mol. The van der Waals surface area contributed by atoms with E-state index in [1.165, 1.54) is 37.9 Å². The van der Waals surface area contributed by atoms with Gasteiger partial charge in [0.15, 0.2) is 8.29 Å². The molecule has 1 N–H and O–H groups in total. The quantitative estimate of drug-likeness (QED) is 0.508. The van der Waals surface area contributed by atoms with E-state index >= 15 is 0 Å². The van der Waals surface area contributed by atoms with E-state index in [9.17, 15) is 0 Å². The molecule has 0 saturated heterocycles. The Hall–Kier alpha value is -0.330. The number of thioether (sulfide) groups is 1. The summed E-state index contributed by atoms with van der Waals surface area (Å²) in [6.07, 6.45) is 7.30. The maximum atomic E-state index is 5.00. The van der Waals surface area contributed by atoms with Crippen LogP contribution in [-0.4, -0.2) is 34.4 Å². The van der Waals surface area contributed by atoms with Crippen molar-refractivity contribution in [2.24, 2.45) is 0 Å². The molecule has 0 fully saturated rings. The molecule has 94 valence electrons. The highest BCUT2D eigenvalue weighted by Gasteiger charge is 2.08. The minimum absolute atomic E-state index is 0.766. The van der Waals surface area contributed by atoms with E-state index in [4.69, 9.17) is 12.2 Å². The molecule has 1 aliphatic heterocycles. The fourth-order valence-corrected chi connectivity index (χ4v) is 3.97. The van der Waals surface area contributed by atoms with Crippen LogP contribution in [0.4, 0.5) is 0 Å². The van der Waals surface area contributed by atoms with Gasteiger partial charge in [0.25, 0.3) is 0 Å². The SMILES string of the molecule is CN1CCCC=C1CCCSc1n[nH]c(=S)s1. The monoisotopic (exact) mass is 287 g/mol. The van der Waals surface area contributed by atoms with Crippen LogP contribution in [0.2, 0.25) is 0 Å². The molecule has 1 aliphatic rings. The first-order valence-corrected chi connectivity index (χ1v) is 8.05. The third-order valence-corrected chi connectivity index (χ3v) is 5.11. The van der Waals surface area contributed by atoms with E-state index in [0.717, 1.165) is 14.0 Å². The van der Waals surface area contributed by atoms with Crippen molar-refractivity contribution in [3.8, 4) is 0 Å². The second-order valence-corrected chi connectivity index (χ2v) is 7.10. The van der Waals surface area contributed by atoms with E-state index in [2.05, 4.69) is 28.2 Å². The topological polar surface area (TPSA) is 31.9 Å². The van der Waals surface area contributed by atoms with E-state index in [0.29, 0.717) is 0 Å². The molecular weight excluding hydrogens is 270 g/mol. The van der Waals surface area contributed by atoms with Crippen LogP contribution >= 0.6 is 35.3 Å². The molecule has 0 aromatic carbocycles. The molecular formula is C11H17N3S3. The highest BCUT2D eigenvalue weighted by Crippen LogP contribution is 2.23. The molecule has 0 atom stereocenters. The summed E-state index contributed by atoms with van der Waals surface area (Å²) in [5.74, 6) is 1.11. The van der Waals surface area contributed by atoms with Crippen LogP contribution < -0.4 is 0 Å². The van der Waals surface area contributed by atoms with Gasteiger partial charge < -0.3 is 4.90 Å². The van der Waals surface area contributed by atoms with Crippen molar-refractivity contribution in [2.75, 3.05) is 19.3 Å². The van der Waals surface area contributed by atoms with Crippen molar-refractivity contribution < 1.29 is 0 Å². The number of nitrogens with one attached hydrogen (secondary N) is 1. The van der Waals surface area contributed by atoms with Crippen molar-refractivity contribution in [2.45, 2.75) is 30.0 Å². The summed E-state index contributed by atoms with van der Waals surface area (Å²) in [6.45, 7) is 1.21. The zero-order valence-corrected chi connectivity index (χ0v) is 12.4. The molecule has 0 aliphatic carbocycles. The Bertz CT molecular complexity index is 435. The van der Waals surface area contributed by atoms with Crippen molar-refractivity contribution >= 4 is 35.3 Å². The number of hydrogen-bond acceptors (Lipinski definition) is 5. The first-order valence-electron chi connectivity index (χ1n) is 5.84.